The molecule has 2 fully saturated rings. The van der Waals surface area contributed by atoms with Crippen molar-refractivity contribution in [1.29, 1.82) is 0 Å². The van der Waals surface area contributed by atoms with Gasteiger partial charge in [-0.1, -0.05) is 0 Å². The topological polar surface area (TPSA) is 59.5 Å². The fourth-order valence-electron chi connectivity index (χ4n) is 4.89. The molecular weight excluding hydrogens is 362 g/mol. The fraction of sp³-hybridized carbons (Fsp3) is 0.350. The summed E-state index contributed by atoms with van der Waals surface area (Å²) in [5, 5.41) is 7.83. The predicted molar refractivity (Wildman–Crippen MR) is 100 cm³/mol. The lowest BCUT2D eigenvalue weighted by molar-refractivity contribution is -0.193. The molecule has 0 radical (unpaired) electrons. The van der Waals surface area contributed by atoms with E-state index in [0.29, 0.717) is 5.95 Å². The van der Waals surface area contributed by atoms with Gasteiger partial charge in [0.25, 0.3) is 0 Å². The predicted octanol–water partition coefficient (Wildman–Crippen LogP) is 4.03. The van der Waals surface area contributed by atoms with Gasteiger partial charge in [-0.05, 0) is 36.5 Å². The molecule has 0 amide bonds. The molecule has 0 aliphatic heterocycles. The van der Waals surface area contributed by atoms with E-state index >= 15 is 0 Å². The van der Waals surface area contributed by atoms with E-state index in [4.69, 9.17) is 0 Å². The molecule has 2 aliphatic rings. The van der Waals surface area contributed by atoms with Crippen LogP contribution in [0.5, 0.6) is 0 Å². The molecule has 4 heterocycles. The standard InChI is InChI=1S/C20H18F2N6/c21-20(22)11-19(12-20)7-14(8-19)25-18-24-9-16-15(3-5-28(16)26-18)13-1-2-17-23-4-6-27(17)10-13/h1-6,9-10,14H,7-8,11-12H2,(H,25,26). The van der Waals surface area contributed by atoms with Gasteiger partial charge in [0.2, 0.25) is 11.9 Å². The van der Waals surface area contributed by atoms with Crippen LogP contribution in [0.2, 0.25) is 0 Å². The molecule has 4 aromatic rings. The van der Waals surface area contributed by atoms with E-state index in [1.54, 1.807) is 16.9 Å². The highest BCUT2D eigenvalue weighted by molar-refractivity contribution is 5.80. The summed E-state index contributed by atoms with van der Waals surface area (Å²) >= 11 is 0. The van der Waals surface area contributed by atoms with Crippen molar-refractivity contribution in [3.05, 3.63) is 49.2 Å². The molecule has 8 heteroatoms. The Balaban J connectivity index is 1.22. The number of imidazole rings is 1. The molecule has 0 saturated heterocycles. The van der Waals surface area contributed by atoms with Crippen LogP contribution in [0.15, 0.2) is 49.2 Å². The van der Waals surface area contributed by atoms with Gasteiger partial charge < -0.3 is 9.72 Å². The van der Waals surface area contributed by atoms with Crippen LogP contribution in [0.4, 0.5) is 14.7 Å². The number of hydrogen-bond donors (Lipinski definition) is 1. The Labute approximate surface area is 159 Å². The van der Waals surface area contributed by atoms with Crippen LogP contribution in [0, 0.1) is 5.41 Å². The molecule has 0 bridgehead atoms. The van der Waals surface area contributed by atoms with Crippen molar-refractivity contribution in [2.75, 3.05) is 5.32 Å². The third-order valence-electron chi connectivity index (χ3n) is 6.08. The zero-order valence-corrected chi connectivity index (χ0v) is 15.0. The molecule has 6 rings (SSSR count). The van der Waals surface area contributed by atoms with Crippen molar-refractivity contribution in [3.63, 3.8) is 0 Å². The van der Waals surface area contributed by atoms with Crippen LogP contribution >= 0.6 is 0 Å². The number of nitrogens with zero attached hydrogens (tertiary/aromatic N) is 5. The smallest absolute Gasteiger partial charge is 0.249 e. The molecule has 0 atom stereocenters. The Morgan fingerprint density at radius 1 is 1.07 bits per heavy atom. The fourth-order valence-corrected chi connectivity index (χ4v) is 4.89. The molecule has 28 heavy (non-hydrogen) atoms. The average molecular weight is 380 g/mol. The van der Waals surface area contributed by atoms with E-state index in [2.05, 4.69) is 20.4 Å². The maximum Gasteiger partial charge on any atom is 0.249 e. The van der Waals surface area contributed by atoms with Crippen molar-refractivity contribution in [1.82, 2.24) is 24.0 Å². The van der Waals surface area contributed by atoms with Gasteiger partial charge in [0.1, 0.15) is 5.65 Å². The minimum atomic E-state index is -2.46. The monoisotopic (exact) mass is 380 g/mol. The number of alkyl halides is 2. The van der Waals surface area contributed by atoms with Crippen LogP contribution in [-0.2, 0) is 0 Å². The van der Waals surface area contributed by atoms with E-state index in [1.165, 1.54) is 0 Å². The summed E-state index contributed by atoms with van der Waals surface area (Å²) in [6.07, 6.45) is 11.0. The molecular formula is C20H18F2N6. The van der Waals surface area contributed by atoms with E-state index in [1.807, 2.05) is 41.2 Å². The lowest BCUT2D eigenvalue weighted by atomic mass is 9.52. The number of pyridine rings is 1. The molecule has 0 unspecified atom stereocenters. The van der Waals surface area contributed by atoms with Crippen molar-refractivity contribution >= 4 is 17.1 Å². The molecule has 1 N–H and O–H groups in total. The van der Waals surface area contributed by atoms with Crippen LogP contribution < -0.4 is 5.32 Å². The van der Waals surface area contributed by atoms with Gasteiger partial charge in [-0.15, -0.1) is 5.10 Å². The van der Waals surface area contributed by atoms with Crippen molar-refractivity contribution in [2.45, 2.75) is 37.6 Å². The molecule has 2 saturated carbocycles. The van der Waals surface area contributed by atoms with Gasteiger partial charge in [-0.2, -0.15) is 0 Å². The highest BCUT2D eigenvalue weighted by Gasteiger charge is 2.61. The van der Waals surface area contributed by atoms with Crippen molar-refractivity contribution in [3.8, 4) is 11.1 Å². The number of aromatic nitrogens is 5. The lowest BCUT2D eigenvalue weighted by Gasteiger charge is -2.57. The highest BCUT2D eigenvalue weighted by Crippen LogP contribution is 2.62. The van der Waals surface area contributed by atoms with E-state index in [9.17, 15) is 8.78 Å². The number of fused-ring (bicyclic) bond motifs is 2. The van der Waals surface area contributed by atoms with Gasteiger partial charge in [-0.25, -0.2) is 23.3 Å². The molecule has 6 nitrogen and oxygen atoms in total. The molecule has 0 aromatic carbocycles. The quantitative estimate of drug-likeness (QED) is 0.583. The van der Waals surface area contributed by atoms with E-state index < -0.39 is 5.92 Å². The third-order valence-corrected chi connectivity index (χ3v) is 6.08. The lowest BCUT2D eigenvalue weighted by Crippen LogP contribution is -2.57. The first-order valence-corrected chi connectivity index (χ1v) is 9.41. The first-order valence-electron chi connectivity index (χ1n) is 9.41. The Morgan fingerprint density at radius 3 is 2.75 bits per heavy atom. The summed E-state index contributed by atoms with van der Waals surface area (Å²) in [7, 11) is 0. The summed E-state index contributed by atoms with van der Waals surface area (Å²) in [6.45, 7) is 0. The summed E-state index contributed by atoms with van der Waals surface area (Å²) in [6, 6.07) is 6.20. The van der Waals surface area contributed by atoms with Crippen LogP contribution in [0.3, 0.4) is 0 Å². The summed E-state index contributed by atoms with van der Waals surface area (Å²) in [5.74, 6) is -1.92. The Kier molecular flexibility index (Phi) is 3.01. The van der Waals surface area contributed by atoms with Gasteiger partial charge >= 0.3 is 0 Å². The van der Waals surface area contributed by atoms with Gasteiger partial charge in [0.05, 0.1) is 11.7 Å². The molecule has 1 spiro atoms. The first kappa shape index (κ1) is 16.0. The van der Waals surface area contributed by atoms with Gasteiger partial charge in [0.15, 0.2) is 0 Å². The van der Waals surface area contributed by atoms with Crippen molar-refractivity contribution in [2.24, 2.45) is 5.41 Å². The Morgan fingerprint density at radius 2 is 1.93 bits per heavy atom. The zero-order chi connectivity index (χ0) is 18.9. The Bertz CT molecular complexity index is 1190. The average Bonchev–Trinajstić information content (AvgIpc) is 3.24. The number of halogens is 2. The summed E-state index contributed by atoms with van der Waals surface area (Å²) in [4.78, 5) is 8.72. The van der Waals surface area contributed by atoms with E-state index in [-0.39, 0.29) is 24.3 Å². The second kappa shape index (κ2) is 5.27. The minimum absolute atomic E-state index is 0.0281. The number of rotatable bonds is 3. The summed E-state index contributed by atoms with van der Waals surface area (Å²) in [5.41, 5.74) is 3.76. The second-order valence-corrected chi connectivity index (χ2v) is 8.21. The van der Waals surface area contributed by atoms with Crippen molar-refractivity contribution < 1.29 is 8.78 Å². The number of hydrogen-bond acceptors (Lipinski definition) is 4. The van der Waals surface area contributed by atoms with Crippen LogP contribution in [-0.4, -0.2) is 35.9 Å². The van der Waals surface area contributed by atoms with E-state index in [0.717, 1.165) is 35.1 Å². The highest BCUT2D eigenvalue weighted by atomic mass is 19.3. The maximum atomic E-state index is 13.1. The normalized spacial score (nSPS) is 20.4. The molecule has 2 aliphatic carbocycles. The molecule has 4 aromatic heterocycles. The SMILES string of the molecule is FC1(F)CC2(CC(Nc3ncc4c(-c5ccc6nccn6c5)ccn4n3)C2)C1. The second-order valence-electron chi connectivity index (χ2n) is 8.21. The largest absolute Gasteiger partial charge is 0.350 e. The maximum absolute atomic E-state index is 13.1. The first-order chi connectivity index (χ1) is 13.5. The third kappa shape index (κ3) is 2.40. The number of nitrogens with one attached hydrogen (secondary N) is 1. The van der Waals surface area contributed by atoms with Gasteiger partial charge in [0, 0.05) is 54.8 Å². The van der Waals surface area contributed by atoms with Crippen LogP contribution in [0.25, 0.3) is 22.3 Å². The Hall–Kier alpha value is -3.03. The summed E-state index contributed by atoms with van der Waals surface area (Å²) < 4.78 is 30.1. The zero-order valence-electron chi connectivity index (χ0n) is 15.0. The molecule has 142 valence electrons. The minimum Gasteiger partial charge on any atom is -0.350 e. The number of anilines is 1. The van der Waals surface area contributed by atoms with Gasteiger partial charge in [-0.3, -0.25) is 0 Å². The van der Waals surface area contributed by atoms with Crippen LogP contribution in [0.1, 0.15) is 25.7 Å².